The second kappa shape index (κ2) is 12.3. The van der Waals surface area contributed by atoms with E-state index in [0.29, 0.717) is 17.6 Å². The number of likely N-dealkylation sites (N-methyl/N-ethyl adjacent to an activating group) is 1. The van der Waals surface area contributed by atoms with Gasteiger partial charge in [-0.3, -0.25) is 10.8 Å². The summed E-state index contributed by atoms with van der Waals surface area (Å²) in [5.74, 6) is 0.323. The van der Waals surface area contributed by atoms with Crippen LogP contribution in [-0.4, -0.2) is 35.6 Å². The van der Waals surface area contributed by atoms with Crippen molar-refractivity contribution < 1.29 is 0 Å². The van der Waals surface area contributed by atoms with Crippen LogP contribution < -0.4 is 10.7 Å². The van der Waals surface area contributed by atoms with Gasteiger partial charge >= 0.3 is 0 Å². The summed E-state index contributed by atoms with van der Waals surface area (Å²) >= 11 is 0. The van der Waals surface area contributed by atoms with Gasteiger partial charge in [-0.2, -0.15) is 5.10 Å². The van der Waals surface area contributed by atoms with Crippen LogP contribution in [0.3, 0.4) is 0 Å². The van der Waals surface area contributed by atoms with Gasteiger partial charge in [-0.25, -0.2) is 0 Å². The van der Waals surface area contributed by atoms with Crippen molar-refractivity contribution in [1.82, 2.24) is 15.6 Å². The van der Waals surface area contributed by atoms with E-state index < -0.39 is 0 Å². The Labute approximate surface area is 171 Å². The monoisotopic (exact) mass is 385 g/mol. The summed E-state index contributed by atoms with van der Waals surface area (Å²) in [6.07, 6.45) is 9.87. The SMILES string of the molecule is C=C/C(CNC(CCC)CCC)=C(\C(C)=C/CC)N(CC)C(=C)C1=NNC1=N. The first kappa shape index (κ1) is 23.9. The van der Waals surface area contributed by atoms with Crippen molar-refractivity contribution >= 4 is 11.5 Å². The van der Waals surface area contributed by atoms with Gasteiger partial charge in [-0.1, -0.05) is 58.9 Å². The molecule has 1 aliphatic heterocycles. The van der Waals surface area contributed by atoms with Crippen molar-refractivity contribution in [3.63, 3.8) is 0 Å². The highest BCUT2D eigenvalue weighted by Crippen LogP contribution is 2.26. The molecule has 0 aliphatic carbocycles. The highest BCUT2D eigenvalue weighted by atomic mass is 15.4. The summed E-state index contributed by atoms with van der Waals surface area (Å²) in [5.41, 5.74) is 7.49. The van der Waals surface area contributed by atoms with Crippen LogP contribution in [0.5, 0.6) is 0 Å². The lowest BCUT2D eigenvalue weighted by molar-refractivity contribution is 0.448. The normalized spacial score (nSPS) is 14.9. The first-order valence-corrected chi connectivity index (χ1v) is 10.6. The molecule has 1 rings (SSSR count). The molecule has 0 atom stereocenters. The average Bonchev–Trinajstić information content (AvgIpc) is 2.66. The summed E-state index contributed by atoms with van der Waals surface area (Å²) in [7, 11) is 0. The molecule has 1 heterocycles. The molecule has 156 valence electrons. The van der Waals surface area contributed by atoms with Crippen molar-refractivity contribution in [3.8, 4) is 0 Å². The molecule has 0 saturated heterocycles. The minimum atomic E-state index is 0.323. The Bertz CT molecular complexity index is 648. The first-order valence-electron chi connectivity index (χ1n) is 10.6. The number of rotatable bonds is 14. The maximum absolute atomic E-state index is 7.90. The van der Waals surface area contributed by atoms with E-state index in [1.54, 1.807) is 0 Å². The minimum absolute atomic E-state index is 0.323. The van der Waals surface area contributed by atoms with Crippen LogP contribution in [0.1, 0.15) is 66.7 Å². The van der Waals surface area contributed by atoms with Gasteiger partial charge in [0, 0.05) is 24.8 Å². The van der Waals surface area contributed by atoms with E-state index in [9.17, 15) is 0 Å². The molecule has 5 heteroatoms. The van der Waals surface area contributed by atoms with Crippen molar-refractivity contribution in [2.45, 2.75) is 72.8 Å². The lowest BCUT2D eigenvalue weighted by Gasteiger charge is -2.33. The van der Waals surface area contributed by atoms with Crippen molar-refractivity contribution in [2.75, 3.05) is 13.1 Å². The van der Waals surface area contributed by atoms with E-state index in [-0.39, 0.29) is 0 Å². The van der Waals surface area contributed by atoms with Crippen LogP contribution in [0.4, 0.5) is 0 Å². The van der Waals surface area contributed by atoms with Gasteiger partial charge in [0.05, 0.1) is 5.70 Å². The minimum Gasteiger partial charge on any atom is -0.340 e. The number of amidine groups is 1. The van der Waals surface area contributed by atoms with Crippen LogP contribution in [0.25, 0.3) is 0 Å². The fourth-order valence-electron chi connectivity index (χ4n) is 3.58. The lowest BCUT2D eigenvalue weighted by atomic mass is 10.0. The zero-order valence-electron chi connectivity index (χ0n) is 18.5. The average molecular weight is 386 g/mol. The molecule has 0 aromatic rings. The zero-order valence-corrected chi connectivity index (χ0v) is 18.5. The van der Waals surface area contributed by atoms with Gasteiger partial charge in [0.2, 0.25) is 0 Å². The summed E-state index contributed by atoms with van der Waals surface area (Å²) in [6.45, 7) is 20.7. The highest BCUT2D eigenvalue weighted by Gasteiger charge is 2.26. The van der Waals surface area contributed by atoms with Gasteiger partial charge in [0.25, 0.3) is 0 Å². The van der Waals surface area contributed by atoms with Crippen LogP contribution in [0.2, 0.25) is 0 Å². The Morgan fingerprint density at radius 3 is 2.29 bits per heavy atom. The van der Waals surface area contributed by atoms with Gasteiger partial charge in [0.1, 0.15) is 5.71 Å². The lowest BCUT2D eigenvalue weighted by Crippen LogP contribution is -2.43. The second-order valence-corrected chi connectivity index (χ2v) is 7.17. The predicted molar refractivity (Wildman–Crippen MR) is 123 cm³/mol. The maximum Gasteiger partial charge on any atom is 0.169 e. The maximum atomic E-state index is 7.90. The van der Waals surface area contributed by atoms with Gasteiger partial charge in [-0.15, -0.1) is 0 Å². The van der Waals surface area contributed by atoms with Crippen molar-refractivity contribution in [3.05, 3.63) is 47.9 Å². The molecule has 0 amide bonds. The van der Waals surface area contributed by atoms with E-state index in [1.807, 2.05) is 6.08 Å². The van der Waals surface area contributed by atoms with Gasteiger partial charge < -0.3 is 10.2 Å². The second-order valence-electron chi connectivity index (χ2n) is 7.17. The molecule has 0 radical (unpaired) electrons. The number of allylic oxidation sites excluding steroid dienone is 2. The molecule has 0 fully saturated rings. The molecule has 0 saturated carbocycles. The third-order valence-corrected chi connectivity index (χ3v) is 4.99. The van der Waals surface area contributed by atoms with Gasteiger partial charge in [-0.05, 0) is 44.3 Å². The summed E-state index contributed by atoms with van der Waals surface area (Å²) < 4.78 is 0. The number of hydrazone groups is 1. The summed E-state index contributed by atoms with van der Waals surface area (Å²) in [6, 6.07) is 0.522. The Kier molecular flexibility index (Phi) is 10.5. The molecule has 3 N–H and O–H groups in total. The van der Waals surface area contributed by atoms with Crippen LogP contribution in [-0.2, 0) is 0 Å². The first-order chi connectivity index (χ1) is 13.4. The Morgan fingerprint density at radius 2 is 1.89 bits per heavy atom. The molecular formula is C23H39N5. The van der Waals surface area contributed by atoms with Crippen molar-refractivity contribution in [2.24, 2.45) is 5.10 Å². The molecule has 0 spiro atoms. The number of nitrogens with zero attached hydrogens (tertiary/aromatic N) is 2. The number of nitrogens with one attached hydrogen (secondary N) is 3. The molecule has 28 heavy (non-hydrogen) atoms. The van der Waals surface area contributed by atoms with E-state index in [2.05, 4.69) is 74.6 Å². The van der Waals surface area contributed by atoms with E-state index in [0.717, 1.165) is 36.5 Å². The molecule has 1 aliphatic rings. The topological polar surface area (TPSA) is 63.5 Å². The summed E-state index contributed by atoms with van der Waals surface area (Å²) in [4.78, 5) is 2.16. The smallest absolute Gasteiger partial charge is 0.169 e. The molecule has 5 nitrogen and oxygen atoms in total. The molecule has 0 aromatic carbocycles. The van der Waals surface area contributed by atoms with E-state index in [4.69, 9.17) is 5.41 Å². The quantitative estimate of drug-likeness (QED) is 0.364. The summed E-state index contributed by atoms with van der Waals surface area (Å²) in [5, 5.41) is 15.8. The Hall–Kier alpha value is -2.14. The van der Waals surface area contributed by atoms with Crippen LogP contribution in [0.15, 0.2) is 53.0 Å². The van der Waals surface area contributed by atoms with Crippen molar-refractivity contribution in [1.29, 1.82) is 5.41 Å². The van der Waals surface area contributed by atoms with Crippen LogP contribution in [0, 0.1) is 5.41 Å². The van der Waals surface area contributed by atoms with Gasteiger partial charge in [0.15, 0.2) is 5.84 Å². The van der Waals surface area contributed by atoms with Crippen LogP contribution >= 0.6 is 0 Å². The molecule has 0 unspecified atom stereocenters. The largest absolute Gasteiger partial charge is 0.340 e. The predicted octanol–water partition coefficient (Wildman–Crippen LogP) is 5.11. The van der Waals surface area contributed by atoms with E-state index >= 15 is 0 Å². The fraction of sp³-hybridized carbons (Fsp3) is 0.565. The highest BCUT2D eigenvalue weighted by molar-refractivity contribution is 6.49. The third-order valence-electron chi connectivity index (χ3n) is 4.99. The van der Waals surface area contributed by atoms with E-state index in [1.165, 1.54) is 31.3 Å². The molecular weight excluding hydrogens is 346 g/mol. The Balaban J connectivity index is 3.25. The number of hydrogen-bond donors (Lipinski definition) is 3. The third kappa shape index (κ3) is 6.20. The molecule has 0 aromatic heterocycles. The fourth-order valence-corrected chi connectivity index (χ4v) is 3.58. The Morgan fingerprint density at radius 1 is 1.25 bits per heavy atom. The standard InChI is InChI=1S/C23H39N5/c1-8-13-17(6)22(28(12-5)18(7)21-23(24)27-26-21)19(11-4)16-25-20(14-9-2)15-10-3/h11,13,20,25H,4,7-10,12,14-16H2,1-3,5-6H3,(H2,24,27)/b17-13-,22-19-. The number of hydrogen-bond acceptors (Lipinski definition) is 4. The zero-order chi connectivity index (χ0) is 21.1. The molecule has 0 bridgehead atoms.